The van der Waals surface area contributed by atoms with Crippen molar-refractivity contribution in [2.45, 2.75) is 45.1 Å². The first kappa shape index (κ1) is 15.1. The highest BCUT2D eigenvalue weighted by atomic mass is 35.5. The molecule has 20 heavy (non-hydrogen) atoms. The topological polar surface area (TPSA) is 58.4 Å². The molecule has 110 valence electrons. The Morgan fingerprint density at radius 1 is 1.45 bits per heavy atom. The normalized spacial score (nSPS) is 19.6. The molecule has 1 aromatic rings. The van der Waals surface area contributed by atoms with Gasteiger partial charge in [-0.3, -0.25) is 10.6 Å². The lowest BCUT2D eigenvalue weighted by Crippen LogP contribution is -2.40. The molecule has 1 fully saturated rings. The van der Waals surface area contributed by atoms with Gasteiger partial charge < -0.3 is 10.3 Å². The SMILES string of the molecule is CCC1CCCCCN1C(=O)c1cc(Cl)ccc1NN. The fraction of sp³-hybridized carbons (Fsp3) is 0.533. The van der Waals surface area contributed by atoms with Crippen molar-refractivity contribution in [2.75, 3.05) is 12.0 Å². The number of halogens is 1. The molecule has 4 nitrogen and oxygen atoms in total. The summed E-state index contributed by atoms with van der Waals surface area (Å²) in [4.78, 5) is 14.8. The van der Waals surface area contributed by atoms with E-state index in [1.807, 2.05) is 4.90 Å². The molecule has 0 saturated carbocycles. The monoisotopic (exact) mass is 295 g/mol. The number of carbonyl (C=O) groups excluding carboxylic acids is 1. The Balaban J connectivity index is 2.30. The third kappa shape index (κ3) is 3.25. The standard InChI is InChI=1S/C15H22ClN3O/c1-2-12-6-4-3-5-9-19(12)15(20)13-10-11(16)7-8-14(13)18-17/h7-8,10,12,18H,2-6,9,17H2,1H3. The first-order chi connectivity index (χ1) is 9.67. The van der Waals surface area contributed by atoms with Gasteiger partial charge in [0.1, 0.15) is 0 Å². The van der Waals surface area contributed by atoms with Crippen molar-refractivity contribution in [1.82, 2.24) is 4.90 Å². The van der Waals surface area contributed by atoms with Gasteiger partial charge in [0, 0.05) is 17.6 Å². The van der Waals surface area contributed by atoms with Crippen LogP contribution in [0.3, 0.4) is 0 Å². The van der Waals surface area contributed by atoms with Crippen LogP contribution in [0.25, 0.3) is 0 Å². The summed E-state index contributed by atoms with van der Waals surface area (Å²) < 4.78 is 0. The fourth-order valence-electron chi connectivity index (χ4n) is 2.84. The number of hydrogen-bond acceptors (Lipinski definition) is 3. The molecular formula is C15H22ClN3O. The molecule has 0 radical (unpaired) electrons. The van der Waals surface area contributed by atoms with Crippen molar-refractivity contribution < 1.29 is 4.79 Å². The molecule has 0 spiro atoms. The number of benzene rings is 1. The molecule has 5 heteroatoms. The number of amides is 1. The van der Waals surface area contributed by atoms with Crippen molar-refractivity contribution in [3.8, 4) is 0 Å². The summed E-state index contributed by atoms with van der Waals surface area (Å²) in [6, 6.07) is 5.48. The Morgan fingerprint density at radius 2 is 2.25 bits per heavy atom. The molecule has 1 aromatic carbocycles. The van der Waals surface area contributed by atoms with E-state index in [9.17, 15) is 4.79 Å². The van der Waals surface area contributed by atoms with E-state index in [1.165, 1.54) is 12.8 Å². The number of nitrogens with one attached hydrogen (secondary N) is 1. The second-order valence-corrected chi connectivity index (χ2v) is 5.68. The maximum absolute atomic E-state index is 12.8. The number of anilines is 1. The van der Waals surface area contributed by atoms with E-state index in [-0.39, 0.29) is 5.91 Å². The lowest BCUT2D eigenvalue weighted by atomic mass is 10.1. The minimum Gasteiger partial charge on any atom is -0.336 e. The Morgan fingerprint density at radius 3 is 2.95 bits per heavy atom. The first-order valence-corrected chi connectivity index (χ1v) is 7.62. The molecule has 1 unspecified atom stereocenters. The van der Waals surface area contributed by atoms with Gasteiger partial charge in [-0.05, 0) is 37.5 Å². The van der Waals surface area contributed by atoms with Crippen LogP contribution in [0.2, 0.25) is 5.02 Å². The zero-order valence-corrected chi connectivity index (χ0v) is 12.6. The molecule has 1 aliphatic heterocycles. The quantitative estimate of drug-likeness (QED) is 0.663. The largest absolute Gasteiger partial charge is 0.336 e. The highest BCUT2D eigenvalue weighted by Gasteiger charge is 2.26. The number of nitrogen functional groups attached to an aromatic ring is 1. The van der Waals surface area contributed by atoms with E-state index in [4.69, 9.17) is 17.4 Å². The molecule has 1 aliphatic rings. The summed E-state index contributed by atoms with van der Waals surface area (Å²) in [6.45, 7) is 2.95. The van der Waals surface area contributed by atoms with Gasteiger partial charge in [-0.15, -0.1) is 0 Å². The molecule has 0 bridgehead atoms. The van der Waals surface area contributed by atoms with E-state index in [0.717, 1.165) is 25.8 Å². The third-order valence-electron chi connectivity index (χ3n) is 3.98. The summed E-state index contributed by atoms with van der Waals surface area (Å²) in [7, 11) is 0. The summed E-state index contributed by atoms with van der Waals surface area (Å²) >= 11 is 6.02. The zero-order chi connectivity index (χ0) is 14.5. The molecule has 1 heterocycles. The summed E-state index contributed by atoms with van der Waals surface area (Å²) in [5.74, 6) is 5.52. The summed E-state index contributed by atoms with van der Waals surface area (Å²) in [5.41, 5.74) is 3.76. The third-order valence-corrected chi connectivity index (χ3v) is 4.21. The van der Waals surface area contributed by atoms with Crippen LogP contribution < -0.4 is 11.3 Å². The number of nitrogens with zero attached hydrogens (tertiary/aromatic N) is 1. The van der Waals surface area contributed by atoms with Crippen LogP contribution >= 0.6 is 11.6 Å². The number of rotatable bonds is 3. The Bertz CT molecular complexity index is 478. The number of carbonyl (C=O) groups is 1. The van der Waals surface area contributed by atoms with Gasteiger partial charge >= 0.3 is 0 Å². The van der Waals surface area contributed by atoms with Crippen molar-refractivity contribution in [1.29, 1.82) is 0 Å². The van der Waals surface area contributed by atoms with Gasteiger partial charge in [0.25, 0.3) is 5.91 Å². The lowest BCUT2D eigenvalue weighted by Gasteiger charge is -2.30. The highest BCUT2D eigenvalue weighted by Crippen LogP contribution is 2.26. The predicted molar refractivity (Wildman–Crippen MR) is 82.8 cm³/mol. The van der Waals surface area contributed by atoms with Gasteiger partial charge in [0.05, 0.1) is 11.3 Å². The van der Waals surface area contributed by atoms with Crippen molar-refractivity contribution in [3.05, 3.63) is 28.8 Å². The maximum atomic E-state index is 12.8. The van der Waals surface area contributed by atoms with Crippen molar-refractivity contribution in [3.63, 3.8) is 0 Å². The van der Waals surface area contributed by atoms with Crippen LogP contribution in [0.5, 0.6) is 0 Å². The molecule has 1 amide bonds. The highest BCUT2D eigenvalue weighted by molar-refractivity contribution is 6.31. The smallest absolute Gasteiger partial charge is 0.256 e. The second kappa shape index (κ2) is 6.95. The fourth-order valence-corrected chi connectivity index (χ4v) is 3.02. The average Bonchev–Trinajstić information content (AvgIpc) is 2.71. The van der Waals surface area contributed by atoms with Gasteiger partial charge in [0.15, 0.2) is 0 Å². The molecular weight excluding hydrogens is 274 g/mol. The predicted octanol–water partition coefficient (Wildman–Crippen LogP) is 3.42. The van der Waals surface area contributed by atoms with Gasteiger partial charge in [-0.25, -0.2) is 0 Å². The molecule has 0 aliphatic carbocycles. The Labute approximate surface area is 125 Å². The van der Waals surface area contributed by atoms with Crippen molar-refractivity contribution in [2.24, 2.45) is 5.84 Å². The molecule has 3 N–H and O–H groups in total. The number of nitrogens with two attached hydrogens (primary N) is 1. The zero-order valence-electron chi connectivity index (χ0n) is 11.9. The minimum atomic E-state index is 0.0224. The lowest BCUT2D eigenvalue weighted by molar-refractivity contribution is 0.0679. The minimum absolute atomic E-state index is 0.0224. The van der Waals surface area contributed by atoms with Crippen LogP contribution in [0.4, 0.5) is 5.69 Å². The number of hydrazine groups is 1. The maximum Gasteiger partial charge on any atom is 0.256 e. The second-order valence-electron chi connectivity index (χ2n) is 5.24. The van der Waals surface area contributed by atoms with E-state index >= 15 is 0 Å². The number of hydrogen-bond donors (Lipinski definition) is 2. The van der Waals surface area contributed by atoms with Gasteiger partial charge in [0.2, 0.25) is 0 Å². The van der Waals surface area contributed by atoms with Crippen LogP contribution in [0.15, 0.2) is 18.2 Å². The van der Waals surface area contributed by atoms with Gasteiger partial charge in [-0.1, -0.05) is 31.4 Å². The Kier molecular flexibility index (Phi) is 5.26. The summed E-state index contributed by atoms with van der Waals surface area (Å²) in [6.07, 6.45) is 5.51. The first-order valence-electron chi connectivity index (χ1n) is 7.24. The molecule has 0 aromatic heterocycles. The van der Waals surface area contributed by atoms with Gasteiger partial charge in [-0.2, -0.15) is 0 Å². The van der Waals surface area contributed by atoms with Crippen LogP contribution in [0, 0.1) is 0 Å². The van der Waals surface area contributed by atoms with Crippen molar-refractivity contribution >= 4 is 23.2 Å². The van der Waals surface area contributed by atoms with E-state index in [1.54, 1.807) is 18.2 Å². The van der Waals surface area contributed by atoms with E-state index < -0.39 is 0 Å². The summed E-state index contributed by atoms with van der Waals surface area (Å²) in [5, 5.41) is 0.551. The Hall–Kier alpha value is -1.26. The average molecular weight is 296 g/mol. The molecule has 1 atom stereocenters. The van der Waals surface area contributed by atoms with E-state index in [0.29, 0.717) is 22.3 Å². The number of likely N-dealkylation sites (tertiary alicyclic amines) is 1. The molecule has 1 saturated heterocycles. The van der Waals surface area contributed by atoms with Crippen LogP contribution in [0.1, 0.15) is 49.4 Å². The molecule has 2 rings (SSSR count). The van der Waals surface area contributed by atoms with Crippen LogP contribution in [-0.4, -0.2) is 23.4 Å². The van der Waals surface area contributed by atoms with Crippen LogP contribution in [-0.2, 0) is 0 Å². The van der Waals surface area contributed by atoms with E-state index in [2.05, 4.69) is 12.3 Å².